The summed E-state index contributed by atoms with van der Waals surface area (Å²) in [6.45, 7) is 2.66. The van der Waals surface area contributed by atoms with Gasteiger partial charge in [-0.1, -0.05) is 23.7 Å². The van der Waals surface area contributed by atoms with E-state index in [1.54, 1.807) is 10.9 Å². The largest absolute Gasteiger partial charge is 0.378 e. The lowest BCUT2D eigenvalue weighted by molar-refractivity contribution is 0.878. The maximum absolute atomic E-state index is 6.31. The summed E-state index contributed by atoms with van der Waals surface area (Å²) >= 11 is 6.31. The van der Waals surface area contributed by atoms with Gasteiger partial charge in [0, 0.05) is 18.6 Å². The lowest BCUT2D eigenvalue weighted by Crippen LogP contribution is -2.06. The quantitative estimate of drug-likeness (QED) is 0.796. The van der Waals surface area contributed by atoms with Gasteiger partial charge >= 0.3 is 0 Å². The summed E-state index contributed by atoms with van der Waals surface area (Å²) in [5.74, 6) is 0. The zero-order valence-electron chi connectivity index (χ0n) is 11.6. The number of para-hydroxylation sites is 1. The Labute approximate surface area is 128 Å². The second-order valence-corrected chi connectivity index (χ2v) is 5.17. The molecule has 3 rings (SSSR count). The fourth-order valence-corrected chi connectivity index (χ4v) is 2.34. The summed E-state index contributed by atoms with van der Waals surface area (Å²) < 4.78 is 1.76. The summed E-state index contributed by atoms with van der Waals surface area (Å²) in [6, 6.07) is 11.7. The van der Waals surface area contributed by atoms with Gasteiger partial charge in [0.1, 0.15) is 5.69 Å². The summed E-state index contributed by atoms with van der Waals surface area (Å²) in [5, 5.41) is 8.27. The summed E-state index contributed by atoms with van der Waals surface area (Å²) in [7, 11) is 0. The second kappa shape index (κ2) is 5.97. The van der Waals surface area contributed by atoms with Crippen LogP contribution >= 0.6 is 11.6 Å². The predicted octanol–water partition coefficient (Wildman–Crippen LogP) is 3.84. The molecule has 0 spiro atoms. The maximum Gasteiger partial charge on any atom is 0.106 e. The molecule has 4 nitrogen and oxygen atoms in total. The molecule has 0 aliphatic heterocycles. The lowest BCUT2D eigenvalue weighted by Gasteiger charge is -2.13. The monoisotopic (exact) mass is 298 g/mol. The van der Waals surface area contributed by atoms with Crippen LogP contribution in [0.5, 0.6) is 0 Å². The predicted molar refractivity (Wildman–Crippen MR) is 84.9 cm³/mol. The van der Waals surface area contributed by atoms with Crippen LogP contribution in [0.25, 0.3) is 5.69 Å². The molecule has 106 valence electrons. The first-order valence-corrected chi connectivity index (χ1v) is 7.06. The van der Waals surface area contributed by atoms with Crippen molar-refractivity contribution in [1.82, 2.24) is 14.8 Å². The molecule has 5 heteroatoms. The number of pyridine rings is 1. The maximum atomic E-state index is 6.31. The molecule has 3 aromatic rings. The van der Waals surface area contributed by atoms with E-state index in [1.807, 2.05) is 49.6 Å². The molecule has 0 radical (unpaired) electrons. The Bertz CT molecular complexity index is 721. The van der Waals surface area contributed by atoms with E-state index in [4.69, 9.17) is 11.6 Å². The highest BCUT2D eigenvalue weighted by Crippen LogP contribution is 2.28. The van der Waals surface area contributed by atoms with Crippen LogP contribution in [0.15, 0.2) is 55.0 Å². The number of nitrogens with zero attached hydrogens (tertiary/aromatic N) is 3. The van der Waals surface area contributed by atoms with E-state index >= 15 is 0 Å². The highest BCUT2D eigenvalue weighted by atomic mass is 35.5. The standard InChI is InChI=1S/C16H15ClN4/c1-12-6-7-13(18-10-12)11-19-15-5-2-4-14(17)16(15)21-9-3-8-20-21/h2-10,19H,11H2,1H3. The average molecular weight is 299 g/mol. The molecule has 0 aliphatic rings. The van der Waals surface area contributed by atoms with Crippen molar-refractivity contribution in [3.05, 3.63) is 71.3 Å². The van der Waals surface area contributed by atoms with E-state index in [0.29, 0.717) is 11.6 Å². The van der Waals surface area contributed by atoms with E-state index in [1.165, 1.54) is 0 Å². The highest BCUT2D eigenvalue weighted by molar-refractivity contribution is 6.33. The molecule has 0 aliphatic carbocycles. The summed E-state index contributed by atoms with van der Waals surface area (Å²) in [6.07, 6.45) is 5.47. The van der Waals surface area contributed by atoms with Gasteiger partial charge in [0.05, 0.1) is 22.9 Å². The molecule has 0 bridgehead atoms. The van der Waals surface area contributed by atoms with E-state index in [2.05, 4.69) is 21.5 Å². The van der Waals surface area contributed by atoms with Crippen molar-refractivity contribution in [2.24, 2.45) is 0 Å². The molecule has 1 aromatic carbocycles. The zero-order valence-corrected chi connectivity index (χ0v) is 12.4. The van der Waals surface area contributed by atoms with E-state index in [0.717, 1.165) is 22.6 Å². The minimum atomic E-state index is 0.634. The summed E-state index contributed by atoms with van der Waals surface area (Å²) in [4.78, 5) is 4.39. The number of hydrogen-bond donors (Lipinski definition) is 1. The van der Waals surface area contributed by atoms with Crippen molar-refractivity contribution < 1.29 is 0 Å². The van der Waals surface area contributed by atoms with Crippen molar-refractivity contribution in [2.45, 2.75) is 13.5 Å². The molecule has 1 N–H and O–H groups in total. The Morgan fingerprint density at radius 3 is 2.81 bits per heavy atom. The van der Waals surface area contributed by atoms with Crippen molar-refractivity contribution in [2.75, 3.05) is 5.32 Å². The number of halogens is 1. The molecule has 0 saturated carbocycles. The number of hydrogen-bond acceptors (Lipinski definition) is 3. The SMILES string of the molecule is Cc1ccc(CNc2cccc(Cl)c2-n2cccn2)nc1. The van der Waals surface area contributed by atoms with Gasteiger partial charge < -0.3 is 5.32 Å². The molecule has 0 amide bonds. The molecule has 0 unspecified atom stereocenters. The van der Waals surface area contributed by atoms with Gasteiger partial charge in [0.15, 0.2) is 0 Å². The van der Waals surface area contributed by atoms with Gasteiger partial charge in [-0.3, -0.25) is 4.98 Å². The number of rotatable bonds is 4. The topological polar surface area (TPSA) is 42.7 Å². The van der Waals surface area contributed by atoms with Crippen LogP contribution in [0.1, 0.15) is 11.3 Å². The summed E-state index contributed by atoms with van der Waals surface area (Å²) in [5.41, 5.74) is 3.90. The molecule has 0 atom stereocenters. The van der Waals surface area contributed by atoms with Gasteiger partial charge in [-0.25, -0.2) is 4.68 Å². The molecule has 2 heterocycles. The molecular weight excluding hydrogens is 284 g/mol. The fraction of sp³-hybridized carbons (Fsp3) is 0.125. The fourth-order valence-electron chi connectivity index (χ4n) is 2.08. The van der Waals surface area contributed by atoms with Gasteiger partial charge in [0.2, 0.25) is 0 Å². The first kappa shape index (κ1) is 13.6. The van der Waals surface area contributed by atoms with Crippen LogP contribution in [-0.4, -0.2) is 14.8 Å². The first-order chi connectivity index (χ1) is 10.2. The number of aromatic nitrogens is 3. The Morgan fingerprint density at radius 1 is 1.19 bits per heavy atom. The molecule has 21 heavy (non-hydrogen) atoms. The molecule has 2 aromatic heterocycles. The van der Waals surface area contributed by atoms with Crippen LogP contribution in [0, 0.1) is 6.92 Å². The number of nitrogens with one attached hydrogen (secondary N) is 1. The minimum Gasteiger partial charge on any atom is -0.378 e. The van der Waals surface area contributed by atoms with Gasteiger partial charge in [0.25, 0.3) is 0 Å². The zero-order chi connectivity index (χ0) is 14.7. The van der Waals surface area contributed by atoms with Gasteiger partial charge in [-0.15, -0.1) is 0 Å². The average Bonchev–Trinajstić information content (AvgIpc) is 3.00. The van der Waals surface area contributed by atoms with Crippen LogP contribution < -0.4 is 5.32 Å². The third kappa shape index (κ3) is 3.06. The van der Waals surface area contributed by atoms with Gasteiger partial charge in [-0.2, -0.15) is 5.10 Å². The molecule has 0 fully saturated rings. The van der Waals surface area contributed by atoms with E-state index in [9.17, 15) is 0 Å². The molecule has 0 saturated heterocycles. The van der Waals surface area contributed by atoms with Crippen LogP contribution in [0.4, 0.5) is 5.69 Å². The van der Waals surface area contributed by atoms with Crippen molar-refractivity contribution in [3.8, 4) is 5.69 Å². The van der Waals surface area contributed by atoms with E-state index in [-0.39, 0.29) is 0 Å². The molecular formula is C16H15ClN4. The number of aryl methyl sites for hydroxylation is 1. The van der Waals surface area contributed by atoms with Gasteiger partial charge in [-0.05, 0) is 36.8 Å². The normalized spacial score (nSPS) is 10.6. The van der Waals surface area contributed by atoms with Crippen LogP contribution in [0.3, 0.4) is 0 Å². The van der Waals surface area contributed by atoms with Crippen LogP contribution in [-0.2, 0) is 6.54 Å². The number of benzene rings is 1. The number of anilines is 1. The Kier molecular flexibility index (Phi) is 3.88. The Hall–Kier alpha value is -2.33. The lowest BCUT2D eigenvalue weighted by atomic mass is 10.2. The van der Waals surface area contributed by atoms with Crippen LogP contribution in [0.2, 0.25) is 5.02 Å². The van der Waals surface area contributed by atoms with Crippen molar-refractivity contribution >= 4 is 17.3 Å². The highest BCUT2D eigenvalue weighted by Gasteiger charge is 2.09. The van der Waals surface area contributed by atoms with Crippen molar-refractivity contribution in [3.63, 3.8) is 0 Å². The minimum absolute atomic E-state index is 0.634. The second-order valence-electron chi connectivity index (χ2n) is 4.77. The van der Waals surface area contributed by atoms with Crippen molar-refractivity contribution in [1.29, 1.82) is 0 Å². The first-order valence-electron chi connectivity index (χ1n) is 6.68. The third-order valence-electron chi connectivity index (χ3n) is 3.15. The smallest absolute Gasteiger partial charge is 0.106 e. The van der Waals surface area contributed by atoms with E-state index < -0.39 is 0 Å². The Balaban J connectivity index is 1.86. The Morgan fingerprint density at radius 2 is 2.10 bits per heavy atom. The third-order valence-corrected chi connectivity index (χ3v) is 3.46.